The molecule has 0 fully saturated rings. The third kappa shape index (κ3) is 8.51. The van der Waals surface area contributed by atoms with E-state index in [-0.39, 0.29) is 39.2 Å². The smallest absolute Gasteiger partial charge is 0.254 e. The topological polar surface area (TPSA) is 9.72 Å². The van der Waals surface area contributed by atoms with Crippen LogP contribution in [0.4, 0.5) is 50.5 Å². The van der Waals surface area contributed by atoms with Gasteiger partial charge in [0, 0.05) is 44.5 Å². The van der Waals surface area contributed by atoms with Gasteiger partial charge in [-0.05, 0) is 159 Å². The molecule has 0 unspecified atom stereocenters. The minimum absolute atomic E-state index is 0.00477. The number of hydrogen-bond donors (Lipinski definition) is 0. The van der Waals surface area contributed by atoms with Crippen molar-refractivity contribution in [3.63, 3.8) is 0 Å². The molecule has 0 N–H and O–H groups in total. The first-order valence-corrected chi connectivity index (χ1v) is 31.9. The molecule has 76 heavy (non-hydrogen) atoms. The Balaban J connectivity index is 1.30. The Morgan fingerprint density at radius 3 is 1.17 bits per heavy atom. The first-order chi connectivity index (χ1) is 35.2. The normalized spacial score (nSPS) is 15.4. The second-order valence-electron chi connectivity index (χ2n) is 29.3. The van der Waals surface area contributed by atoms with Gasteiger partial charge in [0.05, 0.1) is 10.7 Å². The van der Waals surface area contributed by atoms with E-state index in [0.717, 1.165) is 0 Å². The van der Waals surface area contributed by atoms with Gasteiger partial charge in [-0.3, -0.25) is 0 Å². The van der Waals surface area contributed by atoms with Crippen molar-refractivity contribution in [2.24, 2.45) is 0 Å². The highest BCUT2D eigenvalue weighted by Crippen LogP contribution is 2.52. The van der Waals surface area contributed by atoms with E-state index in [1.54, 1.807) is 0 Å². The molecule has 4 heterocycles. The predicted molar refractivity (Wildman–Crippen MR) is 339 cm³/mol. The molecule has 0 bridgehead atoms. The van der Waals surface area contributed by atoms with Crippen molar-refractivity contribution < 1.29 is 0 Å². The first kappa shape index (κ1) is 52.2. The van der Waals surface area contributed by atoms with Crippen LogP contribution in [0.3, 0.4) is 0 Å². The van der Waals surface area contributed by atoms with Crippen molar-refractivity contribution in [1.29, 1.82) is 0 Å². The molecule has 0 radical (unpaired) electrons. The monoisotopic (exact) mass is 1040 g/mol. The third-order valence-electron chi connectivity index (χ3n) is 17.2. The van der Waals surface area contributed by atoms with Gasteiger partial charge in [0.1, 0.15) is 8.07 Å². The largest absolute Gasteiger partial charge is 0.311 e. The molecule has 8 aromatic rings. The van der Waals surface area contributed by atoms with Crippen LogP contribution in [0.5, 0.6) is 0 Å². The van der Waals surface area contributed by atoms with Crippen LogP contribution in [0.2, 0.25) is 13.1 Å². The van der Waals surface area contributed by atoms with Crippen molar-refractivity contribution in [1.82, 2.24) is 0 Å². The maximum Gasteiger partial charge on any atom is 0.254 e. The average molecular weight is 1040 g/mol. The minimum atomic E-state index is -2.27. The lowest BCUT2D eigenvalue weighted by atomic mass is 9.33. The van der Waals surface area contributed by atoms with E-state index in [9.17, 15) is 0 Å². The number of fused-ring (bicyclic) bond motifs is 8. The molecule has 0 saturated heterocycles. The Bertz CT molecular complexity index is 3560. The molecule has 1 aromatic heterocycles. The zero-order chi connectivity index (χ0) is 54.8. The highest BCUT2D eigenvalue weighted by atomic mass is 32.1. The summed E-state index contributed by atoms with van der Waals surface area (Å²) in [6.07, 6.45) is 0. The SMILES string of the molecule is CC(C)(C)c1ccc(N2c3ccc(C(C)(C)C)cc3B3c4c2cc(N2c5ccc(C(C)(C)C)cc5[Si](C)(C)c5cc(C(C)(C)C)ccc52)cc4N(c2ccc(C(C)(C)C)cc2)c2sc4ccc(C(C)(C)C)cc4c23)cc1. The molecule has 7 aromatic carbocycles. The lowest BCUT2D eigenvalue weighted by molar-refractivity contribution is 0.590. The number of thiophene rings is 1. The van der Waals surface area contributed by atoms with Crippen LogP contribution in [0.25, 0.3) is 10.1 Å². The van der Waals surface area contributed by atoms with Gasteiger partial charge in [0.15, 0.2) is 0 Å². The van der Waals surface area contributed by atoms with Gasteiger partial charge in [-0.15, -0.1) is 11.3 Å². The summed E-state index contributed by atoms with van der Waals surface area (Å²) >= 11 is 1.96. The minimum Gasteiger partial charge on any atom is -0.311 e. The van der Waals surface area contributed by atoms with Crippen LogP contribution in [-0.2, 0) is 32.5 Å². The Morgan fingerprint density at radius 2 is 0.711 bits per heavy atom. The van der Waals surface area contributed by atoms with Gasteiger partial charge < -0.3 is 14.7 Å². The van der Waals surface area contributed by atoms with Crippen molar-refractivity contribution in [2.45, 2.75) is 170 Å². The maximum absolute atomic E-state index is 2.66. The molecule has 390 valence electrons. The van der Waals surface area contributed by atoms with Crippen molar-refractivity contribution in [2.75, 3.05) is 14.7 Å². The van der Waals surface area contributed by atoms with E-state index in [2.05, 4.69) is 286 Å². The second-order valence-corrected chi connectivity index (χ2v) is 34.7. The van der Waals surface area contributed by atoms with Crippen molar-refractivity contribution in [3.8, 4) is 0 Å². The molecule has 11 rings (SSSR count). The summed E-state index contributed by atoms with van der Waals surface area (Å²) in [5.41, 5.74) is 22.1. The highest BCUT2D eigenvalue weighted by molar-refractivity contribution is 7.26. The fraction of sp³-hybridized carbons (Fsp3) is 0.371. The molecular formula is C70H82BN3SSi. The zero-order valence-corrected chi connectivity index (χ0v) is 51.3. The van der Waals surface area contributed by atoms with E-state index < -0.39 is 8.07 Å². The molecule has 0 spiro atoms. The van der Waals surface area contributed by atoms with Crippen LogP contribution in [0.15, 0.2) is 133 Å². The van der Waals surface area contributed by atoms with Gasteiger partial charge in [-0.2, -0.15) is 0 Å². The van der Waals surface area contributed by atoms with Gasteiger partial charge in [0.25, 0.3) is 6.71 Å². The van der Waals surface area contributed by atoms with Gasteiger partial charge in [-0.1, -0.05) is 211 Å². The Morgan fingerprint density at radius 1 is 0.342 bits per heavy atom. The van der Waals surface area contributed by atoms with Gasteiger partial charge >= 0.3 is 0 Å². The van der Waals surface area contributed by atoms with Crippen LogP contribution >= 0.6 is 11.3 Å². The molecule has 3 aliphatic heterocycles. The molecule has 0 saturated carbocycles. The predicted octanol–water partition coefficient (Wildman–Crippen LogP) is 17.4. The first-order valence-electron chi connectivity index (χ1n) is 28.0. The van der Waals surface area contributed by atoms with Crippen LogP contribution < -0.4 is 41.5 Å². The standard InChI is InChI=1S/C70H82BN3SSi/c1-65(2,3)43-21-29-49(30-22-43)72-54-33-25-46(68(10,11)12)38-53(54)71-62-52-37-45(67(7,8)9)28-36-59(52)75-64(62)74(50-31-23-44(24-32-50)66(4,5)6)58-42-51(41-57(72)63(58)71)73-55-34-26-47(69(13,14)15)39-60(55)76(19,20)61-40-48(70(16,17)18)27-35-56(61)73/h21-42H,1-20H3. The lowest BCUT2D eigenvalue weighted by Crippen LogP contribution is -2.61. The molecule has 6 heteroatoms. The quantitative estimate of drug-likeness (QED) is 0.163. The summed E-state index contributed by atoms with van der Waals surface area (Å²) in [4.78, 5) is 7.95. The Hall–Kier alpha value is -5.82. The van der Waals surface area contributed by atoms with Crippen LogP contribution in [0, 0.1) is 0 Å². The second kappa shape index (κ2) is 17.1. The van der Waals surface area contributed by atoms with E-state index in [4.69, 9.17) is 0 Å². The molecule has 3 nitrogen and oxygen atoms in total. The van der Waals surface area contributed by atoms with E-state index in [1.807, 2.05) is 11.3 Å². The molecule has 0 atom stereocenters. The molecular weight excluding hydrogens is 954 g/mol. The fourth-order valence-corrected chi connectivity index (χ4v) is 16.5. The highest BCUT2D eigenvalue weighted by Gasteiger charge is 2.48. The number of hydrogen-bond acceptors (Lipinski definition) is 4. The average Bonchev–Trinajstić information content (AvgIpc) is 3.77. The Labute approximate surface area is 462 Å². The summed E-state index contributed by atoms with van der Waals surface area (Å²) in [7, 11) is -2.27. The van der Waals surface area contributed by atoms with E-state index in [1.165, 1.54) is 121 Å². The summed E-state index contributed by atoms with van der Waals surface area (Å²) < 4.78 is 1.33. The van der Waals surface area contributed by atoms with E-state index >= 15 is 0 Å². The van der Waals surface area contributed by atoms with Crippen molar-refractivity contribution in [3.05, 3.63) is 167 Å². The summed E-state index contributed by atoms with van der Waals surface area (Å²) in [6, 6.07) is 53.9. The van der Waals surface area contributed by atoms with Crippen LogP contribution in [0.1, 0.15) is 158 Å². The lowest BCUT2D eigenvalue weighted by Gasteiger charge is -2.46. The maximum atomic E-state index is 2.66. The van der Waals surface area contributed by atoms with Gasteiger partial charge in [-0.25, -0.2) is 0 Å². The number of rotatable bonds is 3. The summed E-state index contributed by atoms with van der Waals surface area (Å²) in [5.74, 6) is 0. The van der Waals surface area contributed by atoms with Crippen LogP contribution in [-0.4, -0.2) is 14.8 Å². The number of benzene rings is 7. The molecule has 0 aliphatic carbocycles. The third-order valence-corrected chi connectivity index (χ3v) is 21.9. The molecule has 3 aliphatic rings. The van der Waals surface area contributed by atoms with Gasteiger partial charge in [0.2, 0.25) is 0 Å². The zero-order valence-electron chi connectivity index (χ0n) is 49.5. The van der Waals surface area contributed by atoms with Crippen molar-refractivity contribution >= 4 is 113 Å². The van der Waals surface area contributed by atoms with E-state index in [0.29, 0.717) is 0 Å². The Kier molecular flexibility index (Phi) is 11.7. The summed E-state index contributed by atoms with van der Waals surface area (Å²) in [6.45, 7) is 47.4. The molecule has 0 amide bonds. The number of anilines is 9. The number of nitrogens with zero attached hydrogens (tertiary/aromatic N) is 3. The summed E-state index contributed by atoms with van der Waals surface area (Å²) in [5, 5.41) is 5.65. The fourth-order valence-electron chi connectivity index (χ4n) is 12.3.